The summed E-state index contributed by atoms with van der Waals surface area (Å²) < 4.78 is 41.7. The van der Waals surface area contributed by atoms with Gasteiger partial charge in [0.15, 0.2) is 0 Å². The number of hydrogen-bond acceptors (Lipinski definition) is 6. The van der Waals surface area contributed by atoms with E-state index in [1.807, 2.05) is 30.3 Å². The van der Waals surface area contributed by atoms with Gasteiger partial charge in [-0.05, 0) is 24.3 Å². The maximum atomic E-state index is 11.5. The van der Waals surface area contributed by atoms with Crippen LogP contribution in [0.5, 0.6) is 5.75 Å². The van der Waals surface area contributed by atoms with Crippen LogP contribution in [-0.4, -0.2) is 28.0 Å². The molecule has 1 aromatic heterocycles. The third-order valence-electron chi connectivity index (χ3n) is 4.05. The van der Waals surface area contributed by atoms with Gasteiger partial charge in [-0.15, -0.1) is 5.10 Å². The van der Waals surface area contributed by atoms with Crippen molar-refractivity contribution in [1.82, 2.24) is 15.0 Å². The Labute approximate surface area is 184 Å². The summed E-state index contributed by atoms with van der Waals surface area (Å²) in [6.07, 6.45) is 1.70. The van der Waals surface area contributed by atoms with Gasteiger partial charge >= 0.3 is 29.6 Å². The largest absolute Gasteiger partial charge is 1.00 e. The van der Waals surface area contributed by atoms with Crippen LogP contribution in [0.25, 0.3) is 16.5 Å². The summed E-state index contributed by atoms with van der Waals surface area (Å²) in [5, 5.41) is 9.14. The van der Waals surface area contributed by atoms with Crippen molar-refractivity contribution in [3.8, 4) is 11.4 Å². The number of ether oxygens (including phenoxy) is 1. The molecule has 4 aromatic rings. The Hall–Kier alpha value is -2.23. The van der Waals surface area contributed by atoms with Gasteiger partial charge in [-0.3, -0.25) is 0 Å². The fourth-order valence-electron chi connectivity index (χ4n) is 2.84. The normalized spacial score (nSPS) is 11.2. The first kappa shape index (κ1) is 20.5. The number of nitrogens with zero attached hydrogens (tertiary/aromatic N) is 3. The van der Waals surface area contributed by atoms with Crippen LogP contribution in [0.3, 0.4) is 0 Å². The van der Waals surface area contributed by atoms with Crippen molar-refractivity contribution in [2.75, 3.05) is 0 Å². The van der Waals surface area contributed by atoms with Gasteiger partial charge in [0.05, 0.1) is 16.8 Å². The van der Waals surface area contributed by atoms with E-state index < -0.39 is 10.1 Å². The number of hydrogen-bond donors (Lipinski definition) is 0. The Kier molecular flexibility index (Phi) is 6.17. The van der Waals surface area contributed by atoms with E-state index >= 15 is 0 Å². The maximum Gasteiger partial charge on any atom is 1.00 e. The van der Waals surface area contributed by atoms with E-state index in [2.05, 4.69) is 10.3 Å². The molecule has 0 bridgehead atoms. The average molecular weight is 403 g/mol. The van der Waals surface area contributed by atoms with Crippen LogP contribution in [0, 0.1) is 0 Å². The van der Waals surface area contributed by atoms with E-state index in [1.165, 1.54) is 16.8 Å². The zero-order valence-corrected chi connectivity index (χ0v) is 17.8. The predicted molar refractivity (Wildman–Crippen MR) is 97.6 cm³/mol. The van der Waals surface area contributed by atoms with Crippen molar-refractivity contribution in [2.45, 2.75) is 11.5 Å². The smallest absolute Gasteiger partial charge is 0.744 e. The summed E-state index contributed by atoms with van der Waals surface area (Å²) in [4.78, 5) is -0.255. The first-order chi connectivity index (χ1) is 13.0. The first-order valence-corrected chi connectivity index (χ1v) is 9.50. The third kappa shape index (κ3) is 4.26. The molecule has 0 aliphatic heterocycles. The molecule has 0 N–H and O–H groups in total. The molecule has 0 fully saturated rings. The molecular formula is C19H14N3NaO4S. The zero-order valence-electron chi connectivity index (χ0n) is 15.0. The van der Waals surface area contributed by atoms with Gasteiger partial charge in [0.25, 0.3) is 0 Å². The van der Waals surface area contributed by atoms with Crippen LogP contribution >= 0.6 is 0 Å². The summed E-state index contributed by atoms with van der Waals surface area (Å²) in [5.41, 5.74) is 1.24. The summed E-state index contributed by atoms with van der Waals surface area (Å²) in [5.74, 6) is 0.725. The van der Waals surface area contributed by atoms with Gasteiger partial charge in [-0.2, -0.15) is 0 Å². The summed E-state index contributed by atoms with van der Waals surface area (Å²) in [7, 11) is -4.58. The van der Waals surface area contributed by atoms with Gasteiger partial charge in [-0.1, -0.05) is 47.7 Å². The minimum absolute atomic E-state index is 0. The van der Waals surface area contributed by atoms with E-state index in [1.54, 1.807) is 30.5 Å². The Balaban J connectivity index is 0.00000225. The summed E-state index contributed by atoms with van der Waals surface area (Å²) >= 11 is 0. The SMILES string of the molecule is O=S(=O)([O-])c1cccc2c(-n3cc(COc4ccccc4)nn3)cccc12.[Na+]. The molecule has 0 unspecified atom stereocenters. The number of rotatable bonds is 5. The van der Waals surface area contributed by atoms with E-state index in [9.17, 15) is 13.0 Å². The molecule has 7 nitrogen and oxygen atoms in total. The number of benzene rings is 3. The van der Waals surface area contributed by atoms with Gasteiger partial charge in [-0.25, -0.2) is 13.1 Å². The Morgan fingerprint density at radius 1 is 0.929 bits per heavy atom. The fourth-order valence-corrected chi connectivity index (χ4v) is 3.53. The molecule has 136 valence electrons. The van der Waals surface area contributed by atoms with Gasteiger partial charge < -0.3 is 9.29 Å². The molecule has 0 aliphatic carbocycles. The average Bonchev–Trinajstić information content (AvgIpc) is 3.14. The monoisotopic (exact) mass is 403 g/mol. The van der Waals surface area contributed by atoms with Crippen LogP contribution in [0.4, 0.5) is 0 Å². The van der Waals surface area contributed by atoms with E-state index in [4.69, 9.17) is 4.74 Å². The Morgan fingerprint density at radius 2 is 1.64 bits per heavy atom. The second kappa shape index (κ2) is 8.42. The minimum Gasteiger partial charge on any atom is -0.744 e. The van der Waals surface area contributed by atoms with Crippen molar-refractivity contribution < 1.29 is 47.3 Å². The Morgan fingerprint density at radius 3 is 2.39 bits per heavy atom. The molecule has 0 spiro atoms. The molecule has 0 radical (unpaired) electrons. The zero-order chi connectivity index (χ0) is 18.9. The van der Waals surface area contributed by atoms with Crippen molar-refractivity contribution in [3.05, 3.63) is 78.6 Å². The molecule has 0 saturated carbocycles. The molecule has 3 aromatic carbocycles. The second-order valence-electron chi connectivity index (χ2n) is 5.84. The number of aromatic nitrogens is 3. The van der Waals surface area contributed by atoms with Gasteiger partial charge in [0.1, 0.15) is 28.2 Å². The van der Waals surface area contributed by atoms with Crippen molar-refractivity contribution in [2.24, 2.45) is 0 Å². The molecule has 4 rings (SSSR count). The summed E-state index contributed by atoms with van der Waals surface area (Å²) in [6.45, 7) is 0.245. The predicted octanol–water partition coefficient (Wildman–Crippen LogP) is -0.0924. The minimum atomic E-state index is -4.58. The number of para-hydroxylation sites is 1. The van der Waals surface area contributed by atoms with Gasteiger partial charge in [0, 0.05) is 10.8 Å². The maximum absolute atomic E-state index is 11.5. The standard InChI is InChI=1S/C19H15N3O4S.Na/c23-27(24,25)19-11-5-8-16-17(19)9-4-10-18(16)22-12-14(20-21-22)13-26-15-6-2-1-3-7-15;/h1-12H,13H2,(H,23,24,25);/q;+1/p-1. The molecule has 9 heteroatoms. The van der Waals surface area contributed by atoms with Crippen molar-refractivity contribution in [1.29, 1.82) is 0 Å². The third-order valence-corrected chi connectivity index (χ3v) is 4.94. The van der Waals surface area contributed by atoms with Crippen LogP contribution in [0.1, 0.15) is 5.69 Å². The molecular weight excluding hydrogens is 389 g/mol. The van der Waals surface area contributed by atoms with Crippen LogP contribution in [0.2, 0.25) is 0 Å². The Bertz CT molecular complexity index is 1210. The number of fused-ring (bicyclic) bond motifs is 1. The second-order valence-corrected chi connectivity index (χ2v) is 7.19. The topological polar surface area (TPSA) is 97.1 Å². The first-order valence-electron chi connectivity index (χ1n) is 8.09. The van der Waals surface area contributed by atoms with Crippen LogP contribution < -0.4 is 34.3 Å². The quantitative estimate of drug-likeness (QED) is 0.341. The van der Waals surface area contributed by atoms with Crippen LogP contribution in [0.15, 0.2) is 77.8 Å². The van der Waals surface area contributed by atoms with Gasteiger partial charge in [0.2, 0.25) is 0 Å². The van der Waals surface area contributed by atoms with Crippen LogP contribution in [-0.2, 0) is 16.7 Å². The molecule has 0 atom stereocenters. The van der Waals surface area contributed by atoms with E-state index in [-0.39, 0.29) is 41.1 Å². The molecule has 0 amide bonds. The van der Waals surface area contributed by atoms with E-state index in [0.29, 0.717) is 22.2 Å². The van der Waals surface area contributed by atoms with Crippen molar-refractivity contribution in [3.63, 3.8) is 0 Å². The van der Waals surface area contributed by atoms with E-state index in [0.717, 1.165) is 5.75 Å². The molecule has 0 aliphatic rings. The molecule has 28 heavy (non-hydrogen) atoms. The fraction of sp³-hybridized carbons (Fsp3) is 0.0526. The molecule has 0 saturated heterocycles. The molecule has 1 heterocycles. The van der Waals surface area contributed by atoms with Crippen molar-refractivity contribution >= 4 is 20.9 Å². The summed E-state index contributed by atoms with van der Waals surface area (Å²) in [6, 6.07) is 19.0.